The Balaban J connectivity index is 2.20. The van der Waals surface area contributed by atoms with Crippen molar-refractivity contribution in [2.24, 2.45) is 0 Å². The van der Waals surface area contributed by atoms with E-state index in [1.165, 1.54) is 6.07 Å². The number of anilines is 1. The van der Waals surface area contributed by atoms with Crippen molar-refractivity contribution in [3.05, 3.63) is 29.8 Å². The molecule has 1 aliphatic heterocycles. The number of urea groups is 1. The second kappa shape index (κ2) is 5.49. The molecule has 0 radical (unpaired) electrons. The van der Waals surface area contributed by atoms with Crippen LogP contribution in [0.2, 0.25) is 0 Å². The van der Waals surface area contributed by atoms with Crippen molar-refractivity contribution in [3.8, 4) is 0 Å². The molecule has 7 nitrogen and oxygen atoms in total. The molecule has 20 heavy (non-hydrogen) atoms. The molecule has 2 rings (SSSR count). The average molecular weight is 297 g/mol. The molecule has 3 N–H and O–H groups in total. The first kappa shape index (κ1) is 14.3. The minimum absolute atomic E-state index is 0.0257. The summed E-state index contributed by atoms with van der Waals surface area (Å²) in [5, 5.41) is 4.58. The van der Waals surface area contributed by atoms with E-state index in [-0.39, 0.29) is 5.75 Å². The van der Waals surface area contributed by atoms with Crippen molar-refractivity contribution < 1.29 is 18.0 Å². The molecule has 1 saturated heterocycles. The largest absolute Gasteiger partial charge is 0.322 e. The third-order valence-electron chi connectivity index (χ3n) is 2.74. The molecule has 0 saturated carbocycles. The lowest BCUT2D eigenvalue weighted by molar-refractivity contribution is -0.120. The van der Waals surface area contributed by atoms with Gasteiger partial charge in [0.1, 0.15) is 6.04 Å². The average Bonchev–Trinajstić information content (AvgIpc) is 2.68. The molecular weight excluding hydrogens is 282 g/mol. The van der Waals surface area contributed by atoms with Crippen LogP contribution in [0, 0.1) is 0 Å². The summed E-state index contributed by atoms with van der Waals surface area (Å²) in [7, 11) is -3.39. The van der Waals surface area contributed by atoms with Gasteiger partial charge in [-0.15, -0.1) is 0 Å². The number of imide groups is 1. The predicted molar refractivity (Wildman–Crippen MR) is 73.6 cm³/mol. The predicted octanol–water partition coefficient (Wildman–Crippen LogP) is 0.719. The molecule has 0 aromatic heterocycles. The van der Waals surface area contributed by atoms with E-state index in [4.69, 9.17) is 0 Å². The van der Waals surface area contributed by atoms with Crippen LogP contribution >= 0.6 is 0 Å². The summed E-state index contributed by atoms with van der Waals surface area (Å²) in [4.78, 5) is 22.6. The topological polar surface area (TPSA) is 104 Å². The first-order valence-corrected chi connectivity index (χ1v) is 7.78. The van der Waals surface area contributed by atoms with Crippen LogP contribution in [0.3, 0.4) is 0 Å². The summed E-state index contributed by atoms with van der Waals surface area (Å²) in [5.74, 6) is -0.429. The van der Waals surface area contributed by atoms with E-state index in [9.17, 15) is 18.0 Å². The number of amides is 3. The van der Waals surface area contributed by atoms with E-state index in [0.717, 1.165) is 0 Å². The molecule has 1 atom stereocenters. The minimum Gasteiger partial charge on any atom is -0.322 e. The van der Waals surface area contributed by atoms with Crippen molar-refractivity contribution in [1.29, 1.82) is 0 Å². The van der Waals surface area contributed by atoms with Gasteiger partial charge in [0.15, 0.2) is 0 Å². The second-order valence-corrected chi connectivity index (χ2v) is 6.28. The number of carbonyl (C=O) groups is 2. The fourth-order valence-electron chi connectivity index (χ4n) is 1.93. The molecule has 3 amide bonds. The standard InChI is InChI=1S/C12H15N3O4S/c1-2-6-20(18,19)15-9-5-3-4-8(7-9)10-11(16)14-12(17)13-10/h3-5,7,10,15H,2,6H2,1H3,(H2,13,14,16,17). The number of rotatable bonds is 5. The summed E-state index contributed by atoms with van der Waals surface area (Å²) in [6.07, 6.45) is 0.510. The number of benzene rings is 1. The Labute approximate surface area is 116 Å². The third kappa shape index (κ3) is 3.27. The quantitative estimate of drug-likeness (QED) is 0.696. The SMILES string of the molecule is CCCS(=O)(=O)Nc1cccc(C2NC(=O)NC2=O)c1. The number of sulfonamides is 1. The highest BCUT2D eigenvalue weighted by molar-refractivity contribution is 7.92. The number of hydrogen-bond donors (Lipinski definition) is 3. The molecule has 1 aromatic carbocycles. The summed E-state index contributed by atoms with van der Waals surface area (Å²) in [5.41, 5.74) is 0.884. The van der Waals surface area contributed by atoms with Crippen LogP contribution in [0.25, 0.3) is 0 Å². The van der Waals surface area contributed by atoms with Crippen LogP contribution in [-0.2, 0) is 14.8 Å². The van der Waals surface area contributed by atoms with Gasteiger partial charge in [-0.2, -0.15) is 0 Å². The molecule has 1 heterocycles. The molecule has 8 heteroatoms. The summed E-state index contributed by atoms with van der Waals surface area (Å²) >= 11 is 0. The van der Waals surface area contributed by atoms with E-state index in [0.29, 0.717) is 17.7 Å². The van der Waals surface area contributed by atoms with Gasteiger partial charge in [0.2, 0.25) is 10.0 Å². The summed E-state index contributed by atoms with van der Waals surface area (Å²) in [6.45, 7) is 1.77. The first-order chi connectivity index (χ1) is 9.41. The molecule has 1 aliphatic rings. The molecular formula is C12H15N3O4S. The fourth-order valence-corrected chi connectivity index (χ4v) is 3.06. The van der Waals surface area contributed by atoms with Gasteiger partial charge in [0.25, 0.3) is 5.91 Å². The lowest BCUT2D eigenvalue weighted by Crippen LogP contribution is -2.22. The van der Waals surface area contributed by atoms with Gasteiger partial charge in [-0.1, -0.05) is 19.1 Å². The van der Waals surface area contributed by atoms with Crippen LogP contribution in [0.1, 0.15) is 24.9 Å². The molecule has 108 valence electrons. The van der Waals surface area contributed by atoms with Gasteiger partial charge in [-0.3, -0.25) is 14.8 Å². The Bertz CT molecular complexity index is 642. The zero-order valence-corrected chi connectivity index (χ0v) is 11.7. The smallest absolute Gasteiger partial charge is 0.322 e. The molecule has 0 bridgehead atoms. The molecule has 0 spiro atoms. The fraction of sp³-hybridized carbons (Fsp3) is 0.333. The Hall–Kier alpha value is -2.09. The molecule has 0 aliphatic carbocycles. The zero-order chi connectivity index (χ0) is 14.8. The van der Waals surface area contributed by atoms with Crippen molar-refractivity contribution in [2.75, 3.05) is 10.5 Å². The lowest BCUT2D eigenvalue weighted by atomic mass is 10.1. The van der Waals surface area contributed by atoms with Gasteiger partial charge in [-0.05, 0) is 24.1 Å². The normalized spacial score (nSPS) is 18.6. The Morgan fingerprint density at radius 2 is 2.05 bits per heavy atom. The zero-order valence-electron chi connectivity index (χ0n) is 10.8. The maximum atomic E-state index is 11.7. The maximum absolute atomic E-state index is 11.7. The van der Waals surface area contributed by atoms with Crippen molar-refractivity contribution in [1.82, 2.24) is 10.6 Å². The highest BCUT2D eigenvalue weighted by Crippen LogP contribution is 2.21. The Morgan fingerprint density at radius 3 is 2.65 bits per heavy atom. The maximum Gasteiger partial charge on any atom is 0.322 e. The van der Waals surface area contributed by atoms with Crippen LogP contribution in [0.15, 0.2) is 24.3 Å². The first-order valence-electron chi connectivity index (χ1n) is 6.13. The van der Waals surface area contributed by atoms with Gasteiger partial charge in [-0.25, -0.2) is 13.2 Å². The number of hydrogen-bond acceptors (Lipinski definition) is 4. The Kier molecular flexibility index (Phi) is 3.93. The highest BCUT2D eigenvalue weighted by Gasteiger charge is 2.30. The lowest BCUT2D eigenvalue weighted by Gasteiger charge is -2.11. The monoisotopic (exact) mass is 297 g/mol. The number of nitrogens with one attached hydrogen (secondary N) is 3. The van der Waals surface area contributed by atoms with E-state index >= 15 is 0 Å². The van der Waals surface area contributed by atoms with Crippen LogP contribution in [0.5, 0.6) is 0 Å². The van der Waals surface area contributed by atoms with E-state index in [1.54, 1.807) is 25.1 Å². The molecule has 1 aromatic rings. The van der Waals surface area contributed by atoms with Crippen molar-refractivity contribution in [2.45, 2.75) is 19.4 Å². The summed E-state index contributed by atoms with van der Waals surface area (Å²) in [6, 6.07) is 5.04. The van der Waals surface area contributed by atoms with Gasteiger partial charge in [0, 0.05) is 5.69 Å². The number of carbonyl (C=O) groups excluding carboxylic acids is 2. The van der Waals surface area contributed by atoms with Gasteiger partial charge >= 0.3 is 6.03 Å². The second-order valence-electron chi connectivity index (χ2n) is 4.44. The van der Waals surface area contributed by atoms with Crippen LogP contribution in [0.4, 0.5) is 10.5 Å². The minimum atomic E-state index is -3.39. The van der Waals surface area contributed by atoms with E-state index in [2.05, 4.69) is 15.4 Å². The van der Waals surface area contributed by atoms with Crippen molar-refractivity contribution in [3.63, 3.8) is 0 Å². The molecule has 1 fully saturated rings. The van der Waals surface area contributed by atoms with Crippen LogP contribution < -0.4 is 15.4 Å². The van der Waals surface area contributed by atoms with Gasteiger partial charge in [0.05, 0.1) is 5.75 Å². The molecule has 1 unspecified atom stereocenters. The van der Waals surface area contributed by atoms with Crippen LogP contribution in [-0.4, -0.2) is 26.1 Å². The third-order valence-corrected chi connectivity index (χ3v) is 4.23. The van der Waals surface area contributed by atoms with E-state index in [1.807, 2.05) is 0 Å². The summed E-state index contributed by atoms with van der Waals surface area (Å²) < 4.78 is 25.8. The van der Waals surface area contributed by atoms with E-state index < -0.39 is 28.0 Å². The highest BCUT2D eigenvalue weighted by atomic mass is 32.2. The Morgan fingerprint density at radius 1 is 1.30 bits per heavy atom. The van der Waals surface area contributed by atoms with Gasteiger partial charge < -0.3 is 5.32 Å². The van der Waals surface area contributed by atoms with Crippen molar-refractivity contribution >= 4 is 27.6 Å².